The van der Waals surface area contributed by atoms with Crippen LogP contribution in [0.15, 0.2) is 57.9 Å². The average molecular weight is 461 g/mol. The van der Waals surface area contributed by atoms with Gasteiger partial charge in [-0.25, -0.2) is 0 Å². The van der Waals surface area contributed by atoms with E-state index in [1.165, 1.54) is 16.7 Å². The molecule has 1 fully saturated rings. The van der Waals surface area contributed by atoms with Crippen LogP contribution in [0.4, 0.5) is 5.69 Å². The Labute approximate surface area is 176 Å². The third kappa shape index (κ3) is 5.06. The largest absolute Gasteiger partial charge is 0.325 e. The number of anilines is 1. The van der Waals surface area contributed by atoms with Crippen LogP contribution in [0.2, 0.25) is 0 Å². The summed E-state index contributed by atoms with van der Waals surface area (Å²) >= 11 is 9.98. The topological polar surface area (TPSA) is 49.4 Å². The van der Waals surface area contributed by atoms with Crippen LogP contribution >= 0.6 is 39.9 Å². The predicted octanol–water partition coefficient (Wildman–Crippen LogP) is 4.99. The number of thioether (sulfide) groups is 1. The Bertz CT molecular complexity index is 926. The number of hydrogen-bond acceptors (Lipinski definition) is 4. The molecule has 7 heteroatoms. The summed E-state index contributed by atoms with van der Waals surface area (Å²) in [6.07, 6.45) is 2.01. The van der Waals surface area contributed by atoms with E-state index in [9.17, 15) is 9.59 Å². The molecule has 4 nitrogen and oxygen atoms in total. The zero-order valence-electron chi connectivity index (χ0n) is 14.6. The summed E-state index contributed by atoms with van der Waals surface area (Å²) in [7, 11) is 0. The van der Waals surface area contributed by atoms with Crippen LogP contribution in [-0.2, 0) is 9.59 Å². The van der Waals surface area contributed by atoms with E-state index in [0.717, 1.165) is 15.6 Å². The summed E-state index contributed by atoms with van der Waals surface area (Å²) in [5.41, 5.74) is 2.82. The van der Waals surface area contributed by atoms with E-state index in [0.29, 0.717) is 14.9 Å². The minimum absolute atomic E-state index is 0.153. The number of carbonyl (C=O) groups excluding carboxylic acids is 2. The molecule has 1 aliphatic heterocycles. The first-order chi connectivity index (χ1) is 12.9. The molecule has 1 heterocycles. The molecular weight excluding hydrogens is 444 g/mol. The van der Waals surface area contributed by atoms with Crippen molar-refractivity contribution in [2.45, 2.75) is 13.3 Å². The molecule has 0 saturated carbocycles. The molecule has 0 aromatic heterocycles. The SMILES string of the molecule is Cc1ccc(/C=C2\SC(=S)N(CCC(=O)Nc3ccccc3Br)C2=O)cc1. The van der Waals surface area contributed by atoms with Crippen LogP contribution in [0.25, 0.3) is 6.08 Å². The molecule has 2 aromatic rings. The summed E-state index contributed by atoms with van der Waals surface area (Å²) in [6.45, 7) is 2.27. The number of carbonyl (C=O) groups is 2. The van der Waals surface area contributed by atoms with Gasteiger partial charge in [-0.3, -0.25) is 14.5 Å². The van der Waals surface area contributed by atoms with Crippen molar-refractivity contribution in [3.05, 3.63) is 69.0 Å². The Morgan fingerprint density at radius 2 is 1.93 bits per heavy atom. The molecule has 0 bridgehead atoms. The standard InChI is InChI=1S/C20H17BrN2O2S2/c1-13-6-8-14(9-7-13)12-17-19(25)23(20(26)27-17)11-10-18(24)22-16-5-3-2-4-15(16)21/h2-9,12H,10-11H2,1H3,(H,22,24)/b17-12-. The lowest BCUT2D eigenvalue weighted by molar-refractivity contribution is -0.122. The number of halogens is 1. The van der Waals surface area contributed by atoms with Crippen molar-refractivity contribution < 1.29 is 9.59 Å². The summed E-state index contributed by atoms with van der Waals surface area (Å²) in [6, 6.07) is 15.3. The van der Waals surface area contributed by atoms with E-state index in [2.05, 4.69) is 21.2 Å². The predicted molar refractivity (Wildman–Crippen MR) is 118 cm³/mol. The maximum Gasteiger partial charge on any atom is 0.266 e. The first-order valence-corrected chi connectivity index (χ1v) is 10.3. The van der Waals surface area contributed by atoms with Crippen LogP contribution in [0.5, 0.6) is 0 Å². The van der Waals surface area contributed by atoms with Gasteiger partial charge in [-0.15, -0.1) is 0 Å². The monoisotopic (exact) mass is 460 g/mol. The molecule has 0 atom stereocenters. The third-order valence-corrected chi connectivity index (χ3v) is 6.03. The number of rotatable bonds is 5. The van der Waals surface area contributed by atoms with Gasteiger partial charge in [0.25, 0.3) is 5.91 Å². The van der Waals surface area contributed by atoms with Crippen LogP contribution in [0, 0.1) is 6.92 Å². The van der Waals surface area contributed by atoms with Gasteiger partial charge in [0.05, 0.1) is 10.6 Å². The summed E-state index contributed by atoms with van der Waals surface area (Å²) in [5, 5.41) is 2.83. The maximum atomic E-state index is 12.6. The van der Waals surface area contributed by atoms with E-state index >= 15 is 0 Å². The fourth-order valence-electron chi connectivity index (χ4n) is 2.50. The quantitative estimate of drug-likeness (QED) is 0.504. The van der Waals surface area contributed by atoms with Gasteiger partial charge in [-0.2, -0.15) is 0 Å². The molecule has 3 rings (SSSR count). The smallest absolute Gasteiger partial charge is 0.266 e. The van der Waals surface area contributed by atoms with Crippen LogP contribution < -0.4 is 5.32 Å². The summed E-state index contributed by atoms with van der Waals surface area (Å²) < 4.78 is 1.29. The molecule has 138 valence electrons. The van der Waals surface area contributed by atoms with E-state index in [-0.39, 0.29) is 24.8 Å². The highest BCUT2D eigenvalue weighted by Crippen LogP contribution is 2.32. The third-order valence-electron chi connectivity index (χ3n) is 3.96. The first-order valence-electron chi connectivity index (χ1n) is 8.30. The van der Waals surface area contributed by atoms with Crippen LogP contribution in [0.1, 0.15) is 17.5 Å². The zero-order chi connectivity index (χ0) is 19.4. The molecule has 27 heavy (non-hydrogen) atoms. The Kier molecular flexibility index (Phi) is 6.46. The van der Waals surface area contributed by atoms with E-state index < -0.39 is 0 Å². The lowest BCUT2D eigenvalue weighted by Crippen LogP contribution is -2.31. The highest BCUT2D eigenvalue weighted by atomic mass is 79.9. The molecule has 1 saturated heterocycles. The highest BCUT2D eigenvalue weighted by molar-refractivity contribution is 9.10. The second-order valence-electron chi connectivity index (χ2n) is 6.02. The number of nitrogens with zero attached hydrogens (tertiary/aromatic N) is 1. The lowest BCUT2D eigenvalue weighted by atomic mass is 10.1. The first kappa shape index (κ1) is 19.8. The second-order valence-corrected chi connectivity index (χ2v) is 8.55. The fraction of sp³-hybridized carbons (Fsp3) is 0.150. The van der Waals surface area contributed by atoms with Gasteiger partial charge in [-0.05, 0) is 46.6 Å². The molecular formula is C20H17BrN2O2S2. The number of hydrogen-bond donors (Lipinski definition) is 1. The van der Waals surface area contributed by atoms with Crippen molar-refractivity contribution in [1.82, 2.24) is 4.90 Å². The molecule has 0 aliphatic carbocycles. The minimum atomic E-state index is -0.168. The van der Waals surface area contributed by atoms with Gasteiger partial charge in [0.2, 0.25) is 5.91 Å². The van der Waals surface area contributed by atoms with E-state index in [1.54, 1.807) is 0 Å². The van der Waals surface area contributed by atoms with Gasteiger partial charge in [0.1, 0.15) is 4.32 Å². The molecule has 0 radical (unpaired) electrons. The molecule has 1 aliphatic rings. The molecule has 2 aromatic carbocycles. The number of nitrogens with one attached hydrogen (secondary N) is 1. The number of aryl methyl sites for hydroxylation is 1. The van der Waals surface area contributed by atoms with E-state index in [1.807, 2.05) is 61.5 Å². The Balaban J connectivity index is 1.61. The van der Waals surface area contributed by atoms with Crippen molar-refractivity contribution >= 4 is 67.8 Å². The van der Waals surface area contributed by atoms with Crippen molar-refractivity contribution in [1.29, 1.82) is 0 Å². The number of amides is 2. The van der Waals surface area contributed by atoms with Gasteiger partial charge < -0.3 is 5.32 Å². The molecule has 0 spiro atoms. The molecule has 2 amide bonds. The van der Waals surface area contributed by atoms with Gasteiger partial charge >= 0.3 is 0 Å². The number of benzene rings is 2. The lowest BCUT2D eigenvalue weighted by Gasteiger charge is -2.14. The molecule has 0 unspecified atom stereocenters. The Hall–Kier alpha value is -1.96. The fourth-order valence-corrected chi connectivity index (χ4v) is 4.19. The van der Waals surface area contributed by atoms with Crippen LogP contribution in [0.3, 0.4) is 0 Å². The average Bonchev–Trinajstić information content (AvgIpc) is 2.90. The van der Waals surface area contributed by atoms with Gasteiger partial charge in [0, 0.05) is 17.4 Å². The Morgan fingerprint density at radius 3 is 2.63 bits per heavy atom. The van der Waals surface area contributed by atoms with Crippen molar-refractivity contribution in [2.75, 3.05) is 11.9 Å². The van der Waals surface area contributed by atoms with Crippen LogP contribution in [-0.4, -0.2) is 27.6 Å². The molecule has 1 N–H and O–H groups in total. The summed E-state index contributed by atoms with van der Waals surface area (Å²) in [4.78, 5) is 26.9. The summed E-state index contributed by atoms with van der Waals surface area (Å²) in [5.74, 6) is -0.322. The highest BCUT2D eigenvalue weighted by Gasteiger charge is 2.32. The van der Waals surface area contributed by atoms with Crippen molar-refractivity contribution in [2.24, 2.45) is 0 Å². The zero-order valence-corrected chi connectivity index (χ0v) is 17.8. The van der Waals surface area contributed by atoms with E-state index in [4.69, 9.17) is 12.2 Å². The van der Waals surface area contributed by atoms with Crippen molar-refractivity contribution in [3.63, 3.8) is 0 Å². The van der Waals surface area contributed by atoms with Gasteiger partial charge in [0.15, 0.2) is 0 Å². The van der Waals surface area contributed by atoms with Crippen molar-refractivity contribution in [3.8, 4) is 0 Å². The normalized spacial score (nSPS) is 15.5. The maximum absolute atomic E-state index is 12.6. The Morgan fingerprint density at radius 1 is 1.22 bits per heavy atom. The van der Waals surface area contributed by atoms with Gasteiger partial charge in [-0.1, -0.05) is 65.9 Å². The number of para-hydroxylation sites is 1. The second kappa shape index (κ2) is 8.82. The minimum Gasteiger partial charge on any atom is -0.325 e. The number of thiocarbonyl (C=S) groups is 1.